The van der Waals surface area contributed by atoms with E-state index in [-0.39, 0.29) is 10.9 Å². The van der Waals surface area contributed by atoms with Crippen molar-refractivity contribution in [3.05, 3.63) is 12.4 Å². The molecule has 1 fully saturated rings. The van der Waals surface area contributed by atoms with Crippen molar-refractivity contribution in [3.8, 4) is 0 Å². The zero-order valence-corrected chi connectivity index (χ0v) is 13.9. The van der Waals surface area contributed by atoms with Crippen LogP contribution in [0.5, 0.6) is 0 Å². The highest BCUT2D eigenvalue weighted by molar-refractivity contribution is 7.89. The van der Waals surface area contributed by atoms with E-state index < -0.39 is 10.0 Å². The quantitative estimate of drug-likeness (QED) is 0.793. The van der Waals surface area contributed by atoms with Crippen molar-refractivity contribution in [2.24, 2.45) is 11.8 Å². The van der Waals surface area contributed by atoms with Gasteiger partial charge in [0.25, 0.3) is 0 Å². The van der Waals surface area contributed by atoms with E-state index in [2.05, 4.69) is 29.0 Å². The van der Waals surface area contributed by atoms with Crippen molar-refractivity contribution in [3.63, 3.8) is 0 Å². The molecule has 1 saturated carbocycles. The number of hydrogen-bond acceptors (Lipinski definition) is 4. The first-order valence-electron chi connectivity index (χ1n) is 7.67. The highest BCUT2D eigenvalue weighted by atomic mass is 32.2. The van der Waals surface area contributed by atoms with Crippen LogP contribution in [0.3, 0.4) is 0 Å². The predicted octanol–water partition coefficient (Wildman–Crippen LogP) is 1.21. The SMILES string of the molecule is CCC1CCC(NS(=O)(=O)c2cnn(CCNC)c2)C1C. The highest BCUT2D eigenvalue weighted by Crippen LogP contribution is 2.34. The zero-order valence-electron chi connectivity index (χ0n) is 13.0. The van der Waals surface area contributed by atoms with Crippen LogP contribution in [0.4, 0.5) is 0 Å². The summed E-state index contributed by atoms with van der Waals surface area (Å²) < 4.78 is 29.4. The molecule has 21 heavy (non-hydrogen) atoms. The monoisotopic (exact) mass is 314 g/mol. The van der Waals surface area contributed by atoms with Crippen molar-refractivity contribution in [1.82, 2.24) is 19.8 Å². The van der Waals surface area contributed by atoms with Gasteiger partial charge in [-0.25, -0.2) is 13.1 Å². The molecule has 0 spiro atoms. The van der Waals surface area contributed by atoms with Crippen molar-refractivity contribution in [2.45, 2.75) is 50.6 Å². The number of hydrogen-bond donors (Lipinski definition) is 2. The number of sulfonamides is 1. The van der Waals surface area contributed by atoms with Gasteiger partial charge in [0.1, 0.15) is 4.90 Å². The Labute approximate surface area is 127 Å². The van der Waals surface area contributed by atoms with E-state index in [0.717, 1.165) is 25.8 Å². The minimum absolute atomic E-state index is 0.0422. The molecule has 0 amide bonds. The van der Waals surface area contributed by atoms with E-state index in [1.54, 1.807) is 10.9 Å². The van der Waals surface area contributed by atoms with Gasteiger partial charge in [-0.05, 0) is 31.7 Å². The van der Waals surface area contributed by atoms with Crippen LogP contribution in [0.25, 0.3) is 0 Å². The molecule has 3 unspecified atom stereocenters. The van der Waals surface area contributed by atoms with Gasteiger partial charge < -0.3 is 5.32 Å². The Morgan fingerprint density at radius 2 is 2.19 bits per heavy atom. The minimum atomic E-state index is -3.47. The van der Waals surface area contributed by atoms with Gasteiger partial charge in [0.15, 0.2) is 0 Å². The maximum atomic E-state index is 12.4. The van der Waals surface area contributed by atoms with Gasteiger partial charge in [-0.2, -0.15) is 5.10 Å². The third-order valence-electron chi connectivity index (χ3n) is 4.57. The molecule has 1 aromatic heterocycles. The molecule has 0 bridgehead atoms. The molecule has 6 nitrogen and oxygen atoms in total. The van der Waals surface area contributed by atoms with E-state index in [9.17, 15) is 8.42 Å². The third kappa shape index (κ3) is 3.84. The summed E-state index contributed by atoms with van der Waals surface area (Å²) in [4.78, 5) is 0.255. The van der Waals surface area contributed by atoms with Crippen LogP contribution in [-0.4, -0.2) is 37.8 Å². The molecule has 7 heteroatoms. The lowest BCUT2D eigenvalue weighted by Crippen LogP contribution is -2.37. The second-order valence-electron chi connectivity index (χ2n) is 5.88. The number of likely N-dealkylation sites (N-methyl/N-ethyl adjacent to an activating group) is 1. The fraction of sp³-hybridized carbons (Fsp3) is 0.786. The number of nitrogens with one attached hydrogen (secondary N) is 2. The van der Waals surface area contributed by atoms with Crippen molar-refractivity contribution >= 4 is 10.0 Å². The fourth-order valence-electron chi connectivity index (χ4n) is 3.09. The number of aromatic nitrogens is 2. The molecule has 3 atom stereocenters. The Bertz CT molecular complexity index is 555. The smallest absolute Gasteiger partial charge is 0.243 e. The topological polar surface area (TPSA) is 76.0 Å². The normalized spacial score (nSPS) is 26.3. The van der Waals surface area contributed by atoms with Crippen LogP contribution in [0.1, 0.15) is 33.1 Å². The summed E-state index contributed by atoms with van der Waals surface area (Å²) in [7, 11) is -1.61. The van der Waals surface area contributed by atoms with Gasteiger partial charge in [-0.3, -0.25) is 4.68 Å². The summed E-state index contributed by atoms with van der Waals surface area (Å²) in [6.45, 7) is 5.73. The van der Waals surface area contributed by atoms with Crippen LogP contribution in [0.2, 0.25) is 0 Å². The van der Waals surface area contributed by atoms with Crippen LogP contribution in [-0.2, 0) is 16.6 Å². The van der Waals surface area contributed by atoms with Crippen molar-refractivity contribution in [2.75, 3.05) is 13.6 Å². The second kappa shape index (κ2) is 6.89. The molecule has 2 rings (SSSR count). The molecule has 0 aliphatic heterocycles. The number of rotatable bonds is 7. The summed E-state index contributed by atoms with van der Waals surface area (Å²) in [5.74, 6) is 1.01. The lowest BCUT2D eigenvalue weighted by Gasteiger charge is -2.20. The maximum Gasteiger partial charge on any atom is 0.243 e. The largest absolute Gasteiger partial charge is 0.318 e. The second-order valence-corrected chi connectivity index (χ2v) is 7.59. The lowest BCUT2D eigenvalue weighted by molar-refractivity contribution is 0.368. The summed E-state index contributed by atoms with van der Waals surface area (Å²) >= 11 is 0. The van der Waals surface area contributed by atoms with Crippen LogP contribution >= 0.6 is 0 Å². The molecular formula is C14H26N4O2S. The molecule has 0 aromatic carbocycles. The van der Waals surface area contributed by atoms with Crippen molar-refractivity contribution < 1.29 is 8.42 Å². The Hall–Kier alpha value is -0.920. The average Bonchev–Trinajstić information content (AvgIpc) is 3.05. The molecule has 2 N–H and O–H groups in total. The van der Waals surface area contributed by atoms with E-state index in [0.29, 0.717) is 18.4 Å². The molecule has 1 aliphatic rings. The highest BCUT2D eigenvalue weighted by Gasteiger charge is 2.34. The molecule has 0 saturated heterocycles. The molecular weight excluding hydrogens is 288 g/mol. The summed E-state index contributed by atoms with van der Waals surface area (Å²) in [5, 5.41) is 7.12. The maximum absolute atomic E-state index is 12.4. The molecule has 1 aromatic rings. The Balaban J connectivity index is 2.03. The van der Waals surface area contributed by atoms with Gasteiger partial charge in [0.05, 0.1) is 12.7 Å². The van der Waals surface area contributed by atoms with Crippen LogP contribution in [0, 0.1) is 11.8 Å². The molecule has 0 radical (unpaired) electrons. The van der Waals surface area contributed by atoms with Gasteiger partial charge >= 0.3 is 0 Å². The predicted molar refractivity (Wildman–Crippen MR) is 82.4 cm³/mol. The zero-order chi connectivity index (χ0) is 15.5. The fourth-order valence-corrected chi connectivity index (χ4v) is 4.40. The van der Waals surface area contributed by atoms with Gasteiger partial charge in [-0.15, -0.1) is 0 Å². The third-order valence-corrected chi connectivity index (χ3v) is 6.01. The van der Waals surface area contributed by atoms with E-state index >= 15 is 0 Å². The van der Waals surface area contributed by atoms with Gasteiger partial charge in [-0.1, -0.05) is 20.3 Å². The van der Waals surface area contributed by atoms with E-state index in [4.69, 9.17) is 0 Å². The Morgan fingerprint density at radius 3 is 2.81 bits per heavy atom. The lowest BCUT2D eigenvalue weighted by atomic mass is 9.94. The minimum Gasteiger partial charge on any atom is -0.318 e. The Morgan fingerprint density at radius 1 is 1.43 bits per heavy atom. The first-order valence-corrected chi connectivity index (χ1v) is 9.15. The number of nitrogens with zero attached hydrogens (tertiary/aromatic N) is 2. The van der Waals surface area contributed by atoms with Gasteiger partial charge in [0.2, 0.25) is 10.0 Å². The first-order chi connectivity index (χ1) is 9.97. The summed E-state index contributed by atoms with van der Waals surface area (Å²) in [6.07, 6.45) is 6.16. The van der Waals surface area contributed by atoms with E-state index in [1.807, 2.05) is 7.05 Å². The molecule has 120 valence electrons. The van der Waals surface area contributed by atoms with Crippen LogP contribution in [0.15, 0.2) is 17.3 Å². The first kappa shape index (κ1) is 16.5. The summed E-state index contributed by atoms with van der Waals surface area (Å²) in [5.41, 5.74) is 0. The van der Waals surface area contributed by atoms with Gasteiger partial charge in [0, 0.05) is 18.8 Å². The standard InChI is InChI=1S/C14H26N4O2S/c1-4-12-5-6-14(11(12)2)17-21(19,20)13-9-16-18(10-13)8-7-15-3/h9-12,14-15,17H,4-8H2,1-3H3. The summed E-state index contributed by atoms with van der Waals surface area (Å²) in [6, 6.07) is 0.0422. The molecule has 1 aliphatic carbocycles. The Kier molecular flexibility index (Phi) is 5.40. The van der Waals surface area contributed by atoms with Crippen molar-refractivity contribution in [1.29, 1.82) is 0 Å². The average molecular weight is 314 g/mol. The molecule has 1 heterocycles. The van der Waals surface area contributed by atoms with Crippen LogP contribution < -0.4 is 10.0 Å². The van der Waals surface area contributed by atoms with E-state index in [1.165, 1.54) is 6.20 Å².